The quantitative estimate of drug-likeness (QED) is 0.546. The van der Waals surface area contributed by atoms with Gasteiger partial charge in [0.2, 0.25) is 0 Å². The molecule has 6 nitrogen and oxygen atoms in total. The van der Waals surface area contributed by atoms with Crippen LogP contribution in [0.25, 0.3) is 27.9 Å². The Morgan fingerprint density at radius 3 is 3.06 bits per heavy atom. The van der Waals surface area contributed by atoms with Gasteiger partial charge in [0, 0.05) is 12.4 Å². The molecule has 0 bridgehead atoms. The van der Waals surface area contributed by atoms with Gasteiger partial charge in [-0.15, -0.1) is 0 Å². The third-order valence-corrected chi connectivity index (χ3v) is 2.90. The molecule has 4 aromatic heterocycles. The van der Waals surface area contributed by atoms with Gasteiger partial charge in [0.15, 0.2) is 5.82 Å². The smallest absolute Gasteiger partial charge is 0.166 e. The molecule has 4 rings (SSSR count). The molecule has 0 amide bonds. The highest BCUT2D eigenvalue weighted by Gasteiger charge is 2.10. The highest BCUT2D eigenvalue weighted by Crippen LogP contribution is 2.20. The Kier molecular flexibility index (Phi) is 1.74. The number of rotatable bonds is 1. The van der Waals surface area contributed by atoms with Crippen LogP contribution in [0.5, 0.6) is 0 Å². The van der Waals surface area contributed by atoms with E-state index in [1.807, 2.05) is 16.7 Å². The Bertz CT molecular complexity index is 844. The van der Waals surface area contributed by atoms with Crippen molar-refractivity contribution in [2.45, 2.75) is 0 Å². The Morgan fingerprint density at radius 1 is 1.06 bits per heavy atom. The second kappa shape index (κ2) is 3.36. The maximum absolute atomic E-state index is 4.38. The first-order chi connectivity index (χ1) is 8.93. The first-order valence-corrected chi connectivity index (χ1v) is 5.49. The molecular weight excluding hydrogens is 228 g/mol. The van der Waals surface area contributed by atoms with Gasteiger partial charge in [-0.2, -0.15) is 0 Å². The van der Waals surface area contributed by atoms with Crippen molar-refractivity contribution in [3.05, 3.63) is 43.4 Å². The van der Waals surface area contributed by atoms with Crippen molar-refractivity contribution in [1.82, 2.24) is 29.5 Å². The van der Waals surface area contributed by atoms with Crippen LogP contribution in [0.4, 0.5) is 0 Å². The largest absolute Gasteiger partial charge is 0.344 e. The number of fused-ring (bicyclic) bond motifs is 2. The predicted octanol–water partition coefficient (Wildman–Crippen LogP) is 1.69. The number of aromatic amines is 1. The molecule has 0 aliphatic rings. The van der Waals surface area contributed by atoms with Crippen molar-refractivity contribution in [2.75, 3.05) is 0 Å². The van der Waals surface area contributed by atoms with Gasteiger partial charge in [-0.1, -0.05) is 0 Å². The van der Waals surface area contributed by atoms with Gasteiger partial charge >= 0.3 is 0 Å². The third-order valence-electron chi connectivity index (χ3n) is 2.90. The molecule has 0 spiro atoms. The van der Waals surface area contributed by atoms with Gasteiger partial charge in [0.1, 0.15) is 11.8 Å². The Labute approximate surface area is 101 Å². The van der Waals surface area contributed by atoms with Gasteiger partial charge in [0.05, 0.1) is 29.1 Å². The normalized spacial score (nSPS) is 11.3. The van der Waals surface area contributed by atoms with Crippen molar-refractivity contribution in [3.8, 4) is 5.82 Å². The summed E-state index contributed by atoms with van der Waals surface area (Å²) in [6.45, 7) is 0. The lowest BCUT2D eigenvalue weighted by atomic mass is 10.3. The summed E-state index contributed by atoms with van der Waals surface area (Å²) in [6, 6.07) is 3.76. The molecule has 0 radical (unpaired) electrons. The van der Waals surface area contributed by atoms with E-state index in [9.17, 15) is 0 Å². The lowest BCUT2D eigenvalue weighted by Crippen LogP contribution is -1.97. The van der Waals surface area contributed by atoms with E-state index in [-0.39, 0.29) is 0 Å². The van der Waals surface area contributed by atoms with Gasteiger partial charge in [0.25, 0.3) is 0 Å². The molecule has 1 N–H and O–H groups in total. The zero-order chi connectivity index (χ0) is 11.9. The summed E-state index contributed by atoms with van der Waals surface area (Å²) in [7, 11) is 0. The number of imidazole rings is 2. The van der Waals surface area contributed by atoms with Crippen LogP contribution in [0, 0.1) is 0 Å². The molecule has 4 heterocycles. The number of nitrogens with zero attached hydrogens (tertiary/aromatic N) is 5. The maximum Gasteiger partial charge on any atom is 0.166 e. The fourth-order valence-corrected chi connectivity index (χ4v) is 2.05. The standard InChI is InChI=1S/C12H8N6/c1-3-13-5-10-8(1)17-7-18(10)12-11-9(2-4-14-12)15-6-16-11/h1-7H,(H,15,16). The number of H-pyrrole nitrogens is 1. The molecule has 0 aliphatic heterocycles. The van der Waals surface area contributed by atoms with Crippen LogP contribution in [0.1, 0.15) is 0 Å². The van der Waals surface area contributed by atoms with Crippen LogP contribution in [0.15, 0.2) is 43.4 Å². The maximum atomic E-state index is 4.38. The minimum absolute atomic E-state index is 0.754. The fraction of sp³-hybridized carbons (Fsp3) is 0. The molecule has 4 aromatic rings. The van der Waals surface area contributed by atoms with Crippen LogP contribution in [-0.2, 0) is 0 Å². The Balaban J connectivity index is 2.10. The summed E-state index contributed by atoms with van der Waals surface area (Å²) in [5, 5.41) is 0. The first-order valence-electron chi connectivity index (χ1n) is 5.49. The number of hydrogen-bond donors (Lipinski definition) is 1. The molecule has 0 saturated carbocycles. The van der Waals surface area contributed by atoms with E-state index >= 15 is 0 Å². The van der Waals surface area contributed by atoms with Gasteiger partial charge in [-0.3, -0.25) is 9.55 Å². The number of nitrogens with one attached hydrogen (secondary N) is 1. The predicted molar refractivity (Wildman–Crippen MR) is 66.3 cm³/mol. The van der Waals surface area contributed by atoms with Crippen molar-refractivity contribution in [2.24, 2.45) is 0 Å². The van der Waals surface area contributed by atoms with Crippen molar-refractivity contribution < 1.29 is 0 Å². The molecule has 86 valence electrons. The van der Waals surface area contributed by atoms with Crippen LogP contribution in [0.3, 0.4) is 0 Å². The molecule has 0 unspecified atom stereocenters. The topological polar surface area (TPSA) is 72.3 Å². The second-order valence-corrected chi connectivity index (χ2v) is 3.91. The third kappa shape index (κ3) is 1.17. The number of pyridine rings is 2. The number of aromatic nitrogens is 6. The highest BCUT2D eigenvalue weighted by molar-refractivity contribution is 5.84. The molecule has 0 aromatic carbocycles. The van der Waals surface area contributed by atoms with Gasteiger partial charge < -0.3 is 4.98 Å². The summed E-state index contributed by atoms with van der Waals surface area (Å²) >= 11 is 0. The second-order valence-electron chi connectivity index (χ2n) is 3.91. The summed E-state index contributed by atoms with van der Waals surface area (Å²) in [5.41, 5.74) is 3.58. The molecule has 6 heteroatoms. The average Bonchev–Trinajstić information content (AvgIpc) is 3.05. The van der Waals surface area contributed by atoms with Crippen molar-refractivity contribution in [1.29, 1.82) is 0 Å². The van der Waals surface area contributed by atoms with Crippen LogP contribution >= 0.6 is 0 Å². The van der Waals surface area contributed by atoms with Crippen molar-refractivity contribution in [3.63, 3.8) is 0 Å². The molecular formula is C12H8N6. The van der Waals surface area contributed by atoms with Crippen LogP contribution in [0.2, 0.25) is 0 Å². The Hall–Kier alpha value is -2.76. The highest BCUT2D eigenvalue weighted by atomic mass is 15.1. The zero-order valence-electron chi connectivity index (χ0n) is 9.28. The molecule has 18 heavy (non-hydrogen) atoms. The van der Waals surface area contributed by atoms with E-state index in [2.05, 4.69) is 24.9 Å². The summed E-state index contributed by atoms with van der Waals surface area (Å²) < 4.78 is 1.89. The monoisotopic (exact) mass is 236 g/mol. The zero-order valence-corrected chi connectivity index (χ0v) is 9.28. The van der Waals surface area contributed by atoms with E-state index < -0.39 is 0 Å². The van der Waals surface area contributed by atoms with Gasteiger partial charge in [-0.25, -0.2) is 15.0 Å². The minimum atomic E-state index is 0.754. The van der Waals surface area contributed by atoms with E-state index in [0.29, 0.717) is 0 Å². The lowest BCUT2D eigenvalue weighted by Gasteiger charge is -2.03. The molecule has 0 atom stereocenters. The van der Waals surface area contributed by atoms with Crippen LogP contribution < -0.4 is 0 Å². The minimum Gasteiger partial charge on any atom is -0.344 e. The van der Waals surface area contributed by atoms with Crippen molar-refractivity contribution >= 4 is 22.1 Å². The SMILES string of the molecule is c1cc2ncn(-c3nccc4[nH]cnc34)c2cn1. The fourth-order valence-electron chi connectivity index (χ4n) is 2.05. The summed E-state index contributed by atoms with van der Waals surface area (Å²) in [6.07, 6.45) is 8.64. The number of hydrogen-bond acceptors (Lipinski definition) is 4. The molecule has 0 aliphatic carbocycles. The Morgan fingerprint density at radius 2 is 2.06 bits per heavy atom. The van der Waals surface area contributed by atoms with E-state index in [0.717, 1.165) is 27.9 Å². The molecule has 0 saturated heterocycles. The van der Waals surface area contributed by atoms with Gasteiger partial charge in [-0.05, 0) is 12.1 Å². The summed E-state index contributed by atoms with van der Waals surface area (Å²) in [5.74, 6) is 0.754. The average molecular weight is 236 g/mol. The molecule has 0 fully saturated rings. The lowest BCUT2D eigenvalue weighted by molar-refractivity contribution is 1.03. The van der Waals surface area contributed by atoms with Crippen LogP contribution in [-0.4, -0.2) is 29.5 Å². The van der Waals surface area contributed by atoms with E-state index in [1.54, 1.807) is 31.2 Å². The van der Waals surface area contributed by atoms with E-state index in [1.165, 1.54) is 0 Å². The van der Waals surface area contributed by atoms with E-state index in [4.69, 9.17) is 0 Å². The summed E-state index contributed by atoms with van der Waals surface area (Å²) in [4.78, 5) is 20.2. The first kappa shape index (κ1) is 9.29.